The maximum atomic E-state index is 4.28. The van der Waals surface area contributed by atoms with Gasteiger partial charge >= 0.3 is 0 Å². The van der Waals surface area contributed by atoms with Crippen LogP contribution in [0.2, 0.25) is 0 Å². The molecule has 0 saturated carbocycles. The number of aromatic amines is 1. The first kappa shape index (κ1) is 12.1. The number of hydrogen-bond donors (Lipinski definition) is 1. The van der Waals surface area contributed by atoms with Crippen molar-refractivity contribution in [3.63, 3.8) is 0 Å². The van der Waals surface area contributed by atoms with Gasteiger partial charge in [0.15, 0.2) is 0 Å². The highest BCUT2D eigenvalue weighted by Gasteiger charge is 2.03. The Bertz CT molecular complexity index is 422. The van der Waals surface area contributed by atoms with Crippen LogP contribution in [0.1, 0.15) is 5.69 Å². The van der Waals surface area contributed by atoms with Gasteiger partial charge in [-0.2, -0.15) is 0 Å². The maximum Gasteiger partial charge on any atom is 0.0929 e. The van der Waals surface area contributed by atoms with Crippen LogP contribution in [0, 0.1) is 6.92 Å². The van der Waals surface area contributed by atoms with Gasteiger partial charge < -0.3 is 4.98 Å². The third-order valence-corrected chi connectivity index (χ3v) is 2.94. The Labute approximate surface area is 99.9 Å². The third kappa shape index (κ3) is 2.55. The van der Waals surface area contributed by atoms with Crippen molar-refractivity contribution in [1.29, 1.82) is 0 Å². The van der Waals surface area contributed by atoms with Crippen LogP contribution in [0.4, 0.5) is 0 Å². The first-order chi connectivity index (χ1) is 6.81. The summed E-state index contributed by atoms with van der Waals surface area (Å²) in [5.74, 6) is 0. The van der Waals surface area contributed by atoms with E-state index in [9.17, 15) is 0 Å². The summed E-state index contributed by atoms with van der Waals surface area (Å²) in [5.41, 5.74) is 3.32. The Hall–Kier alpha value is -0.930. The van der Waals surface area contributed by atoms with Crippen LogP contribution < -0.4 is 0 Å². The Morgan fingerprint density at radius 3 is 2.33 bits per heavy atom. The van der Waals surface area contributed by atoms with Gasteiger partial charge in [0.05, 0.1) is 12.0 Å². The molecular weight excluding hydrogens is 228 g/mol. The molecule has 0 spiro atoms. The Morgan fingerprint density at radius 1 is 1.20 bits per heavy atom. The van der Waals surface area contributed by atoms with Gasteiger partial charge in [0, 0.05) is 16.2 Å². The summed E-state index contributed by atoms with van der Waals surface area (Å²) in [6.07, 6.45) is 3.81. The smallest absolute Gasteiger partial charge is 0.0929 e. The monoisotopic (exact) mass is 240 g/mol. The van der Waals surface area contributed by atoms with Gasteiger partial charge in [-0.15, -0.1) is 24.2 Å². The van der Waals surface area contributed by atoms with Gasteiger partial charge in [-0.1, -0.05) is 12.1 Å². The highest BCUT2D eigenvalue weighted by molar-refractivity contribution is 7.98. The second-order valence-corrected chi connectivity index (χ2v) is 3.98. The van der Waals surface area contributed by atoms with Crippen molar-refractivity contribution in [3.05, 3.63) is 36.3 Å². The van der Waals surface area contributed by atoms with Gasteiger partial charge in [-0.25, -0.2) is 4.98 Å². The topological polar surface area (TPSA) is 28.7 Å². The van der Waals surface area contributed by atoms with Gasteiger partial charge in [0.2, 0.25) is 0 Å². The summed E-state index contributed by atoms with van der Waals surface area (Å²) in [6.45, 7) is 2.03. The van der Waals surface area contributed by atoms with E-state index in [0.29, 0.717) is 0 Å². The SMILES string of the molecule is CSc1ccc(-c2nc[nH]c2C)cc1.Cl. The fourth-order valence-electron chi connectivity index (χ4n) is 1.40. The summed E-state index contributed by atoms with van der Waals surface area (Å²) < 4.78 is 0. The van der Waals surface area contributed by atoms with Gasteiger partial charge in [-0.3, -0.25) is 0 Å². The van der Waals surface area contributed by atoms with E-state index in [1.54, 1.807) is 18.1 Å². The van der Waals surface area contributed by atoms with E-state index in [1.807, 2.05) is 6.92 Å². The van der Waals surface area contributed by atoms with Crippen LogP contribution in [-0.2, 0) is 0 Å². The molecular formula is C11H13ClN2S. The molecule has 0 bridgehead atoms. The molecule has 0 aliphatic heterocycles. The second kappa shape index (κ2) is 5.24. The highest BCUT2D eigenvalue weighted by atomic mass is 35.5. The molecule has 0 aliphatic rings. The largest absolute Gasteiger partial charge is 0.348 e. The molecule has 0 fully saturated rings. The Morgan fingerprint density at radius 2 is 1.87 bits per heavy atom. The predicted octanol–water partition coefficient (Wildman–Crippen LogP) is 3.53. The van der Waals surface area contributed by atoms with Crippen LogP contribution in [0.5, 0.6) is 0 Å². The minimum atomic E-state index is 0. The van der Waals surface area contributed by atoms with Crippen molar-refractivity contribution in [1.82, 2.24) is 9.97 Å². The van der Waals surface area contributed by atoms with Crippen LogP contribution in [-0.4, -0.2) is 16.2 Å². The number of nitrogens with zero attached hydrogens (tertiary/aromatic N) is 1. The molecule has 0 atom stereocenters. The molecule has 2 nitrogen and oxygen atoms in total. The van der Waals surface area contributed by atoms with E-state index in [4.69, 9.17) is 0 Å². The van der Waals surface area contributed by atoms with Crippen LogP contribution in [0.25, 0.3) is 11.3 Å². The van der Waals surface area contributed by atoms with Crippen molar-refractivity contribution in [3.8, 4) is 11.3 Å². The van der Waals surface area contributed by atoms with Gasteiger partial charge in [-0.05, 0) is 25.3 Å². The zero-order valence-electron chi connectivity index (χ0n) is 8.65. The minimum Gasteiger partial charge on any atom is -0.348 e. The number of benzene rings is 1. The molecule has 1 N–H and O–H groups in total. The van der Waals surface area contributed by atoms with E-state index in [-0.39, 0.29) is 12.4 Å². The number of aryl methyl sites for hydroxylation is 1. The first-order valence-corrected chi connectivity index (χ1v) is 5.68. The number of hydrogen-bond acceptors (Lipinski definition) is 2. The van der Waals surface area contributed by atoms with Crippen LogP contribution >= 0.6 is 24.2 Å². The third-order valence-electron chi connectivity index (χ3n) is 2.19. The Balaban J connectivity index is 0.00000112. The molecule has 0 unspecified atom stereocenters. The van der Waals surface area contributed by atoms with E-state index in [1.165, 1.54) is 10.5 Å². The lowest BCUT2D eigenvalue weighted by Gasteiger charge is -2.00. The van der Waals surface area contributed by atoms with Crippen molar-refractivity contribution < 1.29 is 0 Å². The summed E-state index contributed by atoms with van der Waals surface area (Å²) in [6, 6.07) is 8.45. The molecule has 0 aliphatic carbocycles. The molecule has 2 rings (SSSR count). The molecule has 80 valence electrons. The summed E-state index contributed by atoms with van der Waals surface area (Å²) in [5, 5.41) is 0. The zero-order chi connectivity index (χ0) is 9.97. The van der Waals surface area contributed by atoms with Crippen molar-refractivity contribution >= 4 is 24.2 Å². The number of rotatable bonds is 2. The van der Waals surface area contributed by atoms with Crippen molar-refractivity contribution in [2.24, 2.45) is 0 Å². The van der Waals surface area contributed by atoms with Gasteiger partial charge in [0.25, 0.3) is 0 Å². The number of aromatic nitrogens is 2. The average molecular weight is 241 g/mol. The predicted molar refractivity (Wildman–Crippen MR) is 67.8 cm³/mol. The van der Waals surface area contributed by atoms with E-state index in [2.05, 4.69) is 40.5 Å². The summed E-state index contributed by atoms with van der Waals surface area (Å²) >= 11 is 1.75. The minimum absolute atomic E-state index is 0. The fourth-order valence-corrected chi connectivity index (χ4v) is 1.81. The maximum absolute atomic E-state index is 4.28. The normalized spacial score (nSPS) is 9.73. The molecule has 2 aromatic rings. The van der Waals surface area contributed by atoms with Crippen LogP contribution in [0.15, 0.2) is 35.5 Å². The molecule has 1 aromatic carbocycles. The summed E-state index contributed by atoms with van der Waals surface area (Å²) in [4.78, 5) is 8.64. The second-order valence-electron chi connectivity index (χ2n) is 3.10. The highest BCUT2D eigenvalue weighted by Crippen LogP contribution is 2.22. The molecule has 1 aromatic heterocycles. The molecule has 0 saturated heterocycles. The number of imidazole rings is 1. The van der Waals surface area contributed by atoms with E-state index >= 15 is 0 Å². The van der Waals surface area contributed by atoms with Crippen molar-refractivity contribution in [2.45, 2.75) is 11.8 Å². The number of thioether (sulfide) groups is 1. The van der Waals surface area contributed by atoms with E-state index in [0.717, 1.165) is 11.4 Å². The average Bonchev–Trinajstić information content (AvgIpc) is 2.65. The summed E-state index contributed by atoms with van der Waals surface area (Å²) in [7, 11) is 0. The molecule has 1 heterocycles. The first-order valence-electron chi connectivity index (χ1n) is 4.45. The van der Waals surface area contributed by atoms with Crippen molar-refractivity contribution in [2.75, 3.05) is 6.26 Å². The van der Waals surface area contributed by atoms with E-state index < -0.39 is 0 Å². The quantitative estimate of drug-likeness (QED) is 0.814. The molecule has 15 heavy (non-hydrogen) atoms. The lowest BCUT2D eigenvalue weighted by Crippen LogP contribution is -1.81. The number of H-pyrrole nitrogens is 1. The lowest BCUT2D eigenvalue weighted by molar-refractivity contribution is 1.25. The fraction of sp³-hybridized carbons (Fsp3) is 0.182. The molecule has 0 amide bonds. The van der Waals surface area contributed by atoms with Crippen LogP contribution in [0.3, 0.4) is 0 Å². The Kier molecular flexibility index (Phi) is 4.24. The zero-order valence-corrected chi connectivity index (χ0v) is 10.3. The standard InChI is InChI=1S/C11H12N2S.ClH/c1-8-11(13-7-12-8)9-3-5-10(14-2)6-4-9;/h3-7H,1-2H3,(H,12,13);1H. The number of halogens is 1. The molecule has 4 heteroatoms. The van der Waals surface area contributed by atoms with Gasteiger partial charge in [0.1, 0.15) is 0 Å². The number of nitrogens with one attached hydrogen (secondary N) is 1. The lowest BCUT2D eigenvalue weighted by atomic mass is 10.1. The molecule has 0 radical (unpaired) electrons.